The molecule has 7 heteroatoms. The average molecular weight is 384 g/mol. The molecule has 0 radical (unpaired) electrons. The number of nitrogens with one attached hydrogen (secondary N) is 2. The Morgan fingerprint density at radius 2 is 1.93 bits per heavy atom. The summed E-state index contributed by atoms with van der Waals surface area (Å²) in [6, 6.07) is 14.0. The summed E-state index contributed by atoms with van der Waals surface area (Å²) in [5.74, 6) is 0.0166. The first-order valence-corrected chi connectivity index (χ1v) is 9.21. The molecule has 148 valence electrons. The number of para-hydroxylation sites is 2. The lowest BCUT2D eigenvalue weighted by Crippen LogP contribution is -2.23. The molecule has 2 N–H and O–H groups in total. The number of hydrogen-bond acceptors (Lipinski definition) is 6. The van der Waals surface area contributed by atoms with E-state index in [4.69, 9.17) is 9.47 Å². The van der Waals surface area contributed by atoms with Gasteiger partial charge in [-0.2, -0.15) is 0 Å². The van der Waals surface area contributed by atoms with Crippen molar-refractivity contribution in [2.24, 2.45) is 0 Å². The van der Waals surface area contributed by atoms with Crippen LogP contribution in [0.4, 0.5) is 11.4 Å². The third kappa shape index (κ3) is 5.47. The first kappa shape index (κ1) is 19.7. The van der Waals surface area contributed by atoms with Gasteiger partial charge in [0, 0.05) is 12.3 Å². The van der Waals surface area contributed by atoms with Crippen molar-refractivity contribution in [1.82, 2.24) is 0 Å². The maximum atomic E-state index is 12.3. The highest BCUT2D eigenvalue weighted by molar-refractivity contribution is 5.95. The molecule has 0 aromatic heterocycles. The number of amides is 1. The molecule has 1 amide bonds. The zero-order chi connectivity index (χ0) is 19.8. The Hall–Kier alpha value is -3.06. The lowest BCUT2D eigenvalue weighted by molar-refractivity contribution is -0.114. The predicted molar refractivity (Wildman–Crippen MR) is 106 cm³/mol. The summed E-state index contributed by atoms with van der Waals surface area (Å²) < 4.78 is 16.1. The van der Waals surface area contributed by atoms with Crippen molar-refractivity contribution < 1.29 is 23.8 Å². The molecule has 0 bridgehead atoms. The smallest absolute Gasteiger partial charge is 0.337 e. The van der Waals surface area contributed by atoms with Crippen LogP contribution in [0.2, 0.25) is 0 Å². The quantitative estimate of drug-likeness (QED) is 0.681. The molecule has 1 aliphatic rings. The molecule has 28 heavy (non-hydrogen) atoms. The van der Waals surface area contributed by atoms with E-state index < -0.39 is 5.97 Å². The SMILES string of the molecule is COC(=O)c1ccc(NCC(=O)Nc2ccccc2OCC2CCCO2)cc1. The maximum Gasteiger partial charge on any atom is 0.337 e. The largest absolute Gasteiger partial charge is 0.489 e. The number of benzene rings is 2. The molecule has 0 spiro atoms. The Labute approximate surface area is 164 Å². The number of rotatable bonds is 8. The molecule has 1 heterocycles. The van der Waals surface area contributed by atoms with Crippen LogP contribution in [-0.2, 0) is 14.3 Å². The molecule has 0 saturated carbocycles. The van der Waals surface area contributed by atoms with Crippen molar-refractivity contribution in [3.8, 4) is 5.75 Å². The predicted octanol–water partition coefficient (Wildman–Crippen LogP) is 3.08. The fourth-order valence-electron chi connectivity index (χ4n) is 2.87. The van der Waals surface area contributed by atoms with Crippen molar-refractivity contribution in [2.45, 2.75) is 18.9 Å². The van der Waals surface area contributed by atoms with Gasteiger partial charge in [-0.15, -0.1) is 0 Å². The number of carbonyl (C=O) groups excluding carboxylic acids is 2. The molecule has 7 nitrogen and oxygen atoms in total. The minimum Gasteiger partial charge on any atom is -0.489 e. The first-order chi connectivity index (χ1) is 13.7. The van der Waals surface area contributed by atoms with Gasteiger partial charge in [-0.05, 0) is 49.2 Å². The molecule has 1 aliphatic heterocycles. The van der Waals surface area contributed by atoms with Crippen LogP contribution in [0.1, 0.15) is 23.2 Å². The van der Waals surface area contributed by atoms with Crippen LogP contribution in [0.5, 0.6) is 5.75 Å². The van der Waals surface area contributed by atoms with Crippen molar-refractivity contribution in [3.63, 3.8) is 0 Å². The van der Waals surface area contributed by atoms with Gasteiger partial charge in [0.25, 0.3) is 0 Å². The van der Waals surface area contributed by atoms with Gasteiger partial charge in [-0.1, -0.05) is 12.1 Å². The highest BCUT2D eigenvalue weighted by Gasteiger charge is 2.17. The minimum absolute atomic E-state index is 0.0810. The van der Waals surface area contributed by atoms with Gasteiger partial charge in [0.1, 0.15) is 12.4 Å². The normalized spacial score (nSPS) is 15.7. The van der Waals surface area contributed by atoms with E-state index in [9.17, 15) is 9.59 Å². The van der Waals surface area contributed by atoms with Crippen LogP contribution in [0, 0.1) is 0 Å². The zero-order valence-corrected chi connectivity index (χ0v) is 15.8. The number of carbonyl (C=O) groups is 2. The number of hydrogen-bond donors (Lipinski definition) is 2. The van der Waals surface area contributed by atoms with E-state index in [1.807, 2.05) is 18.2 Å². The average Bonchev–Trinajstić information content (AvgIpc) is 3.25. The summed E-state index contributed by atoms with van der Waals surface area (Å²) in [4.78, 5) is 23.7. The highest BCUT2D eigenvalue weighted by atomic mass is 16.5. The summed E-state index contributed by atoms with van der Waals surface area (Å²) in [7, 11) is 1.33. The third-order valence-corrected chi connectivity index (χ3v) is 4.37. The Bertz CT molecular complexity index is 801. The molecular formula is C21H24N2O5. The Morgan fingerprint density at radius 1 is 1.14 bits per heavy atom. The molecule has 1 saturated heterocycles. The van der Waals surface area contributed by atoms with Crippen molar-refractivity contribution in [1.29, 1.82) is 0 Å². The van der Waals surface area contributed by atoms with Crippen LogP contribution in [-0.4, -0.2) is 44.8 Å². The first-order valence-electron chi connectivity index (χ1n) is 9.21. The summed E-state index contributed by atoms with van der Waals surface area (Å²) in [5, 5.41) is 5.87. The van der Waals surface area contributed by atoms with Gasteiger partial charge in [0.2, 0.25) is 5.91 Å². The minimum atomic E-state index is -0.399. The molecular weight excluding hydrogens is 360 g/mol. The molecule has 2 aromatic rings. The lowest BCUT2D eigenvalue weighted by atomic mass is 10.2. The Morgan fingerprint density at radius 3 is 2.64 bits per heavy atom. The summed E-state index contributed by atoms with van der Waals surface area (Å²) >= 11 is 0. The van der Waals surface area contributed by atoms with Gasteiger partial charge in [0.05, 0.1) is 31.0 Å². The van der Waals surface area contributed by atoms with Crippen LogP contribution in [0.3, 0.4) is 0 Å². The molecule has 1 unspecified atom stereocenters. The van der Waals surface area contributed by atoms with E-state index in [2.05, 4.69) is 15.4 Å². The molecule has 0 aliphatic carbocycles. The van der Waals surface area contributed by atoms with Crippen molar-refractivity contribution in [3.05, 3.63) is 54.1 Å². The molecule has 1 atom stereocenters. The Balaban J connectivity index is 1.51. The van der Waals surface area contributed by atoms with Gasteiger partial charge < -0.3 is 24.8 Å². The second-order valence-electron chi connectivity index (χ2n) is 6.41. The van der Waals surface area contributed by atoms with E-state index in [0.717, 1.165) is 25.1 Å². The number of methoxy groups -OCH3 is 1. The van der Waals surface area contributed by atoms with Crippen LogP contribution in [0.15, 0.2) is 48.5 Å². The van der Waals surface area contributed by atoms with Gasteiger partial charge in [-0.25, -0.2) is 4.79 Å². The van der Waals surface area contributed by atoms with Crippen molar-refractivity contribution >= 4 is 23.3 Å². The third-order valence-electron chi connectivity index (χ3n) is 4.37. The monoisotopic (exact) mass is 384 g/mol. The fourth-order valence-corrected chi connectivity index (χ4v) is 2.87. The summed E-state index contributed by atoms with van der Waals surface area (Å²) in [6.45, 7) is 1.33. The summed E-state index contributed by atoms with van der Waals surface area (Å²) in [6.07, 6.45) is 2.16. The molecule has 3 rings (SSSR count). The zero-order valence-electron chi connectivity index (χ0n) is 15.8. The number of anilines is 2. The second kappa shape index (κ2) is 9.75. The molecule has 1 fully saturated rings. The van der Waals surface area contributed by atoms with E-state index in [1.165, 1.54) is 7.11 Å². The van der Waals surface area contributed by atoms with Gasteiger partial charge in [-0.3, -0.25) is 4.79 Å². The van der Waals surface area contributed by atoms with Gasteiger partial charge >= 0.3 is 5.97 Å². The number of esters is 1. The highest BCUT2D eigenvalue weighted by Crippen LogP contribution is 2.25. The molecule has 2 aromatic carbocycles. The second-order valence-corrected chi connectivity index (χ2v) is 6.41. The van der Waals surface area contributed by atoms with Crippen LogP contribution >= 0.6 is 0 Å². The fraction of sp³-hybridized carbons (Fsp3) is 0.333. The van der Waals surface area contributed by atoms with E-state index >= 15 is 0 Å². The topological polar surface area (TPSA) is 85.9 Å². The number of ether oxygens (including phenoxy) is 3. The summed E-state index contributed by atoms with van der Waals surface area (Å²) in [5.41, 5.74) is 1.80. The van der Waals surface area contributed by atoms with E-state index in [1.54, 1.807) is 30.3 Å². The van der Waals surface area contributed by atoms with Crippen LogP contribution < -0.4 is 15.4 Å². The van der Waals surface area contributed by atoms with Gasteiger partial charge in [0.15, 0.2) is 0 Å². The Kier molecular flexibility index (Phi) is 6.86. The van der Waals surface area contributed by atoms with E-state index in [0.29, 0.717) is 23.6 Å². The van der Waals surface area contributed by atoms with Crippen LogP contribution in [0.25, 0.3) is 0 Å². The van der Waals surface area contributed by atoms with Crippen molar-refractivity contribution in [2.75, 3.05) is 37.5 Å². The maximum absolute atomic E-state index is 12.3. The van der Waals surface area contributed by atoms with E-state index in [-0.39, 0.29) is 18.6 Å². The lowest BCUT2D eigenvalue weighted by Gasteiger charge is -2.15. The standard InChI is InChI=1S/C21H24N2O5/c1-26-21(25)15-8-10-16(11-9-15)22-13-20(24)23-18-6-2-3-7-19(18)28-14-17-5-4-12-27-17/h2-3,6-11,17,22H,4-5,12-14H2,1H3,(H,23,24).